The third-order valence-corrected chi connectivity index (χ3v) is 6.77. The van der Waals surface area contributed by atoms with Crippen LogP contribution in [0, 0.1) is 6.92 Å². The number of rotatable bonds is 3. The Morgan fingerprint density at radius 3 is 2.17 bits per heavy atom. The van der Waals surface area contributed by atoms with Crippen LogP contribution in [-0.4, -0.2) is 29.9 Å². The number of halogens is 3. The van der Waals surface area contributed by atoms with E-state index in [2.05, 4.69) is 24.1 Å². The van der Waals surface area contributed by atoms with Gasteiger partial charge in [-0.3, -0.25) is 9.36 Å². The van der Waals surface area contributed by atoms with Gasteiger partial charge in [0.05, 0.1) is 23.8 Å². The maximum atomic E-state index is 13.5. The summed E-state index contributed by atoms with van der Waals surface area (Å²) in [7, 11) is 0. The van der Waals surface area contributed by atoms with Crippen LogP contribution in [-0.2, 0) is 10.9 Å². The fourth-order valence-corrected chi connectivity index (χ4v) is 5.17. The molecule has 5 nitrogen and oxygen atoms in total. The van der Waals surface area contributed by atoms with Crippen molar-refractivity contribution < 1.29 is 17.9 Å². The summed E-state index contributed by atoms with van der Waals surface area (Å²) in [6, 6.07) is 12.6. The van der Waals surface area contributed by atoms with Gasteiger partial charge >= 0.3 is 6.18 Å². The number of nitrogens with one attached hydrogen (secondary N) is 1. The zero-order chi connectivity index (χ0) is 25.6. The van der Waals surface area contributed by atoms with E-state index < -0.39 is 17.8 Å². The van der Waals surface area contributed by atoms with Crippen molar-refractivity contribution in [2.75, 3.05) is 18.0 Å². The Hall–Kier alpha value is -3.52. The van der Waals surface area contributed by atoms with Gasteiger partial charge in [0.15, 0.2) is 0 Å². The molecule has 1 unspecified atom stereocenters. The van der Waals surface area contributed by atoms with Crippen LogP contribution in [0.1, 0.15) is 47.7 Å². The van der Waals surface area contributed by atoms with Crippen LogP contribution in [0.3, 0.4) is 0 Å². The molecule has 3 heterocycles. The van der Waals surface area contributed by atoms with Crippen LogP contribution >= 0.6 is 0 Å². The quantitative estimate of drug-likeness (QED) is 0.526. The number of benzene rings is 2. The summed E-state index contributed by atoms with van der Waals surface area (Å²) in [4.78, 5) is 15.8. The molecule has 0 spiro atoms. The van der Waals surface area contributed by atoms with Gasteiger partial charge in [-0.25, -0.2) is 0 Å². The van der Waals surface area contributed by atoms with Crippen molar-refractivity contribution in [3.8, 4) is 5.69 Å². The normalized spacial score (nSPS) is 21.7. The van der Waals surface area contributed by atoms with Gasteiger partial charge in [-0.1, -0.05) is 12.1 Å². The van der Waals surface area contributed by atoms with Gasteiger partial charge < -0.3 is 15.0 Å². The molecule has 2 aromatic carbocycles. The van der Waals surface area contributed by atoms with Crippen molar-refractivity contribution in [1.29, 1.82) is 0 Å². The van der Waals surface area contributed by atoms with Crippen LogP contribution in [0.4, 0.5) is 18.9 Å². The van der Waals surface area contributed by atoms with Crippen LogP contribution in [0.25, 0.3) is 11.8 Å². The number of hydrogen-bond acceptors (Lipinski definition) is 4. The highest BCUT2D eigenvalue weighted by molar-refractivity contribution is 5.61. The summed E-state index contributed by atoms with van der Waals surface area (Å²) in [5.41, 5.74) is 3.78. The lowest BCUT2D eigenvalue weighted by molar-refractivity contribution is -0.137. The van der Waals surface area contributed by atoms with E-state index >= 15 is 0 Å². The molecule has 1 N–H and O–H groups in total. The number of aromatic nitrogens is 1. The monoisotopic (exact) mass is 495 g/mol. The lowest BCUT2D eigenvalue weighted by Gasteiger charge is -2.37. The van der Waals surface area contributed by atoms with Crippen molar-refractivity contribution >= 4 is 11.8 Å². The highest BCUT2D eigenvalue weighted by Gasteiger charge is 2.31. The number of fused-ring (bicyclic) bond motifs is 1. The standard InChI is InChI=1S/C28H28F3N3O2/c1-17-14-34(23-10-8-22(9-11-23)33-15-18(2)36-19(3)16-33)27(35)24-12-13-32-26(25(17)24)20-4-6-21(7-5-20)28(29,30)31/h4-14,18-19,26,32H,15-16H2,1-3H3/t18-,19+,26?. The second-order valence-electron chi connectivity index (χ2n) is 9.55. The van der Waals surface area contributed by atoms with Crippen LogP contribution in [0.2, 0.25) is 0 Å². The average Bonchev–Trinajstić information content (AvgIpc) is 2.85. The van der Waals surface area contributed by atoms with E-state index in [0.29, 0.717) is 11.1 Å². The molecule has 0 bridgehead atoms. The van der Waals surface area contributed by atoms with E-state index in [9.17, 15) is 18.0 Å². The molecule has 1 saturated heterocycles. The lowest BCUT2D eigenvalue weighted by Crippen LogP contribution is -2.45. The van der Waals surface area contributed by atoms with Crippen molar-refractivity contribution in [3.05, 3.63) is 99.1 Å². The van der Waals surface area contributed by atoms with Crippen LogP contribution in [0.5, 0.6) is 0 Å². The van der Waals surface area contributed by atoms with Gasteiger partial charge in [0, 0.05) is 36.2 Å². The molecule has 1 fully saturated rings. The summed E-state index contributed by atoms with van der Waals surface area (Å²) in [5.74, 6) is 0. The molecular formula is C28H28F3N3O2. The largest absolute Gasteiger partial charge is 0.416 e. The first kappa shape index (κ1) is 24.2. The molecule has 0 radical (unpaired) electrons. The molecule has 2 aliphatic heterocycles. The fraction of sp³-hybridized carbons (Fsp3) is 0.321. The number of ether oxygens (including phenoxy) is 1. The Bertz CT molecular complexity index is 1330. The number of anilines is 1. The topological polar surface area (TPSA) is 46.5 Å². The number of morpholine rings is 1. The second-order valence-corrected chi connectivity index (χ2v) is 9.55. The maximum Gasteiger partial charge on any atom is 0.416 e. The number of hydrogen-bond donors (Lipinski definition) is 1. The molecule has 5 rings (SSSR count). The summed E-state index contributed by atoms with van der Waals surface area (Å²) >= 11 is 0. The first-order valence-electron chi connectivity index (χ1n) is 12.0. The molecule has 3 atom stereocenters. The van der Waals surface area contributed by atoms with Crippen molar-refractivity contribution in [2.45, 2.75) is 45.2 Å². The molecule has 188 valence electrons. The smallest absolute Gasteiger partial charge is 0.380 e. The Morgan fingerprint density at radius 1 is 0.944 bits per heavy atom. The number of pyridine rings is 1. The maximum absolute atomic E-state index is 13.5. The van der Waals surface area contributed by atoms with E-state index in [1.54, 1.807) is 23.0 Å². The minimum Gasteiger partial charge on any atom is -0.380 e. The van der Waals surface area contributed by atoms with E-state index in [4.69, 9.17) is 4.74 Å². The zero-order valence-corrected chi connectivity index (χ0v) is 20.3. The van der Waals surface area contributed by atoms with Gasteiger partial charge in [-0.15, -0.1) is 0 Å². The summed E-state index contributed by atoms with van der Waals surface area (Å²) < 4.78 is 46.5. The van der Waals surface area contributed by atoms with Crippen LogP contribution in [0.15, 0.2) is 65.7 Å². The molecule has 0 amide bonds. The minimum absolute atomic E-state index is 0.150. The Morgan fingerprint density at radius 2 is 1.56 bits per heavy atom. The number of alkyl halides is 3. The Labute approximate surface area is 207 Å². The summed E-state index contributed by atoms with van der Waals surface area (Å²) in [5, 5.41) is 3.20. The first-order valence-corrected chi connectivity index (χ1v) is 12.0. The van der Waals surface area contributed by atoms with Gasteiger partial charge in [0.2, 0.25) is 0 Å². The van der Waals surface area contributed by atoms with Crippen LogP contribution < -0.4 is 15.8 Å². The highest BCUT2D eigenvalue weighted by Crippen LogP contribution is 2.34. The van der Waals surface area contributed by atoms with E-state index in [-0.39, 0.29) is 17.8 Å². The predicted molar refractivity (Wildman–Crippen MR) is 134 cm³/mol. The zero-order valence-electron chi connectivity index (χ0n) is 20.3. The molecule has 3 aromatic rings. The lowest BCUT2D eigenvalue weighted by atomic mass is 9.90. The van der Waals surface area contributed by atoms with Crippen molar-refractivity contribution in [2.24, 2.45) is 0 Å². The summed E-state index contributed by atoms with van der Waals surface area (Å²) in [6.07, 6.45) is 1.11. The third-order valence-electron chi connectivity index (χ3n) is 6.77. The molecule has 8 heteroatoms. The van der Waals surface area contributed by atoms with Crippen molar-refractivity contribution in [1.82, 2.24) is 9.88 Å². The molecular weight excluding hydrogens is 467 g/mol. The highest BCUT2D eigenvalue weighted by atomic mass is 19.4. The van der Waals surface area contributed by atoms with Gasteiger partial charge in [-0.2, -0.15) is 13.2 Å². The second kappa shape index (κ2) is 9.17. The van der Waals surface area contributed by atoms with Gasteiger partial charge in [0.1, 0.15) is 0 Å². The third kappa shape index (κ3) is 4.53. The SMILES string of the molecule is Cc1cn(-c2ccc(N3C[C@@H](C)O[C@@H](C)C3)cc2)c(=O)c2c1C(c1ccc(C(F)(F)F)cc1)NC=C2. The molecule has 0 aliphatic carbocycles. The van der Waals surface area contributed by atoms with Gasteiger partial charge in [-0.05, 0) is 86.1 Å². The Balaban J connectivity index is 1.47. The summed E-state index contributed by atoms with van der Waals surface area (Å²) in [6.45, 7) is 7.66. The number of nitrogens with zero attached hydrogens (tertiary/aromatic N) is 2. The van der Waals surface area contributed by atoms with Gasteiger partial charge in [0.25, 0.3) is 5.56 Å². The number of aryl methyl sites for hydroxylation is 1. The Kier molecular flexibility index (Phi) is 6.16. The molecule has 0 saturated carbocycles. The predicted octanol–water partition coefficient (Wildman–Crippen LogP) is 5.44. The molecule has 2 aliphatic rings. The van der Waals surface area contributed by atoms with Crippen molar-refractivity contribution in [3.63, 3.8) is 0 Å². The molecule has 36 heavy (non-hydrogen) atoms. The fourth-order valence-electron chi connectivity index (χ4n) is 5.17. The first-order chi connectivity index (χ1) is 17.1. The average molecular weight is 496 g/mol. The van der Waals surface area contributed by atoms with E-state index in [1.165, 1.54) is 12.1 Å². The minimum atomic E-state index is -4.40. The van der Waals surface area contributed by atoms with E-state index in [1.807, 2.05) is 31.2 Å². The molecule has 1 aromatic heterocycles. The van der Waals surface area contributed by atoms with E-state index in [0.717, 1.165) is 47.7 Å².